The monoisotopic (exact) mass is 366 g/mol. The number of carbonyl (C=O) groups excluding carboxylic acids is 2. The van der Waals surface area contributed by atoms with E-state index in [9.17, 15) is 9.59 Å². The van der Waals surface area contributed by atoms with Crippen molar-refractivity contribution in [3.8, 4) is 0 Å². The minimum Gasteiger partial charge on any atom is -0.337 e. The van der Waals surface area contributed by atoms with Crippen LogP contribution in [0.3, 0.4) is 0 Å². The van der Waals surface area contributed by atoms with E-state index in [0.29, 0.717) is 26.2 Å². The van der Waals surface area contributed by atoms with Gasteiger partial charge in [0.15, 0.2) is 0 Å². The molecule has 0 aliphatic carbocycles. The molecule has 0 unspecified atom stereocenters. The van der Waals surface area contributed by atoms with E-state index in [1.54, 1.807) is 0 Å². The molecule has 2 saturated heterocycles. The molecule has 0 aromatic heterocycles. The largest absolute Gasteiger partial charge is 0.337 e. The Hall–Kier alpha value is -1.14. The molecule has 6 nitrogen and oxygen atoms in total. The van der Waals surface area contributed by atoms with Gasteiger partial charge in [0.2, 0.25) is 11.8 Å². The molecule has 2 aliphatic heterocycles. The first-order chi connectivity index (χ1) is 11.5. The van der Waals surface area contributed by atoms with E-state index < -0.39 is 11.1 Å². The summed E-state index contributed by atoms with van der Waals surface area (Å²) in [4.78, 5) is 34.1. The third-order valence-corrected chi connectivity index (χ3v) is 6.91. The standard InChI is InChI=1S/C20H38N4O2/c1-17(2)13-23(15(25)19(5,6)21(17)9)11-12-24-14-18(3,4)22(10)20(7,8)16(24)26/h11-14H2,1-10H3. The van der Waals surface area contributed by atoms with Crippen LogP contribution in [0.5, 0.6) is 0 Å². The predicted molar refractivity (Wildman–Crippen MR) is 105 cm³/mol. The van der Waals surface area contributed by atoms with Crippen LogP contribution in [0, 0.1) is 0 Å². The Morgan fingerprint density at radius 3 is 1.19 bits per heavy atom. The van der Waals surface area contributed by atoms with Gasteiger partial charge in [0.05, 0.1) is 11.1 Å². The molecule has 0 bridgehead atoms. The molecule has 2 amide bonds. The topological polar surface area (TPSA) is 47.1 Å². The highest BCUT2D eigenvalue weighted by atomic mass is 16.2. The fourth-order valence-corrected chi connectivity index (χ4v) is 4.47. The van der Waals surface area contributed by atoms with Crippen molar-refractivity contribution >= 4 is 11.8 Å². The summed E-state index contributed by atoms with van der Waals surface area (Å²) in [5, 5.41) is 0. The fourth-order valence-electron chi connectivity index (χ4n) is 4.47. The summed E-state index contributed by atoms with van der Waals surface area (Å²) in [5.74, 6) is 0.277. The minimum atomic E-state index is -0.535. The third kappa shape index (κ3) is 3.26. The first-order valence-corrected chi connectivity index (χ1v) is 9.62. The number of hydrogen-bond acceptors (Lipinski definition) is 4. The van der Waals surface area contributed by atoms with Crippen LogP contribution in [0.15, 0.2) is 0 Å². The minimum absolute atomic E-state index is 0.0952. The van der Waals surface area contributed by atoms with Crippen LogP contribution in [0.25, 0.3) is 0 Å². The van der Waals surface area contributed by atoms with Gasteiger partial charge in [0.1, 0.15) is 0 Å². The van der Waals surface area contributed by atoms with Crippen molar-refractivity contribution in [1.82, 2.24) is 19.6 Å². The van der Waals surface area contributed by atoms with Crippen LogP contribution in [0.1, 0.15) is 55.4 Å². The average molecular weight is 367 g/mol. The molecular formula is C20H38N4O2. The molecule has 2 rings (SSSR count). The van der Waals surface area contributed by atoms with Crippen molar-refractivity contribution in [2.24, 2.45) is 0 Å². The maximum atomic E-state index is 13.0. The number of likely N-dealkylation sites (N-methyl/N-ethyl adjacent to an activating group) is 2. The molecule has 2 fully saturated rings. The van der Waals surface area contributed by atoms with E-state index in [2.05, 4.69) is 37.5 Å². The van der Waals surface area contributed by atoms with Crippen molar-refractivity contribution < 1.29 is 9.59 Å². The molecule has 2 aliphatic rings. The Kier molecular flexibility index (Phi) is 5.04. The molecule has 150 valence electrons. The van der Waals surface area contributed by atoms with Gasteiger partial charge < -0.3 is 9.80 Å². The van der Waals surface area contributed by atoms with Crippen molar-refractivity contribution in [1.29, 1.82) is 0 Å². The second kappa shape index (κ2) is 6.20. The van der Waals surface area contributed by atoms with Gasteiger partial charge in [-0.05, 0) is 69.5 Å². The number of carbonyl (C=O) groups is 2. The van der Waals surface area contributed by atoms with Gasteiger partial charge in [0.25, 0.3) is 0 Å². The van der Waals surface area contributed by atoms with Crippen LogP contribution in [-0.2, 0) is 9.59 Å². The summed E-state index contributed by atoms with van der Waals surface area (Å²) in [6.45, 7) is 19.1. The third-order valence-electron chi connectivity index (χ3n) is 6.91. The normalized spacial score (nSPS) is 28.5. The van der Waals surface area contributed by atoms with E-state index in [0.717, 1.165) is 0 Å². The molecule has 2 heterocycles. The molecule has 0 radical (unpaired) electrons. The Bertz CT molecular complexity index is 543. The van der Waals surface area contributed by atoms with Crippen LogP contribution in [0.2, 0.25) is 0 Å². The number of hydrogen-bond donors (Lipinski definition) is 0. The van der Waals surface area contributed by atoms with Crippen LogP contribution in [-0.4, -0.2) is 93.8 Å². The SMILES string of the molecule is CN1C(C)(C)CN(CCN2CC(C)(C)N(C)C(C)(C)C2=O)C(=O)C1(C)C. The highest BCUT2D eigenvalue weighted by Gasteiger charge is 2.50. The van der Waals surface area contributed by atoms with Gasteiger partial charge in [-0.3, -0.25) is 19.4 Å². The summed E-state index contributed by atoms with van der Waals surface area (Å²) in [7, 11) is 4.04. The maximum Gasteiger partial charge on any atom is 0.242 e. The first kappa shape index (κ1) is 21.2. The smallest absolute Gasteiger partial charge is 0.242 e. The number of piperazine rings is 2. The zero-order valence-corrected chi connectivity index (χ0v) is 18.4. The van der Waals surface area contributed by atoms with Crippen molar-refractivity contribution in [3.63, 3.8) is 0 Å². The van der Waals surface area contributed by atoms with Gasteiger partial charge in [-0.25, -0.2) is 0 Å². The molecule has 0 saturated carbocycles. The molecule has 6 heteroatoms. The molecule has 0 spiro atoms. The zero-order chi connectivity index (χ0) is 20.3. The number of rotatable bonds is 3. The van der Waals surface area contributed by atoms with Gasteiger partial charge in [-0.1, -0.05) is 0 Å². The van der Waals surface area contributed by atoms with Gasteiger partial charge in [-0.15, -0.1) is 0 Å². The fraction of sp³-hybridized carbons (Fsp3) is 0.900. The second-order valence-corrected chi connectivity index (χ2v) is 10.3. The Morgan fingerprint density at radius 2 is 0.923 bits per heavy atom. The Balaban J connectivity index is 2.15. The van der Waals surface area contributed by atoms with Crippen molar-refractivity contribution in [2.75, 3.05) is 40.3 Å². The molecule has 0 N–H and O–H groups in total. The number of nitrogens with zero attached hydrogens (tertiary/aromatic N) is 4. The molecule has 26 heavy (non-hydrogen) atoms. The van der Waals surface area contributed by atoms with E-state index in [4.69, 9.17) is 0 Å². The van der Waals surface area contributed by atoms with Crippen molar-refractivity contribution in [3.05, 3.63) is 0 Å². The predicted octanol–water partition coefficient (Wildman–Crippen LogP) is 1.65. The van der Waals surface area contributed by atoms with E-state index in [1.165, 1.54) is 0 Å². The van der Waals surface area contributed by atoms with Crippen LogP contribution < -0.4 is 0 Å². The lowest BCUT2D eigenvalue weighted by Gasteiger charge is -2.55. The van der Waals surface area contributed by atoms with Gasteiger partial charge in [-0.2, -0.15) is 0 Å². The van der Waals surface area contributed by atoms with E-state index in [-0.39, 0.29) is 22.9 Å². The summed E-state index contributed by atoms with van der Waals surface area (Å²) in [6, 6.07) is 0. The van der Waals surface area contributed by atoms with Crippen molar-refractivity contribution in [2.45, 2.75) is 77.5 Å². The quantitative estimate of drug-likeness (QED) is 0.762. The highest BCUT2D eigenvalue weighted by Crippen LogP contribution is 2.33. The second-order valence-electron chi connectivity index (χ2n) is 10.3. The molecule has 0 atom stereocenters. The van der Waals surface area contributed by atoms with Gasteiger partial charge >= 0.3 is 0 Å². The average Bonchev–Trinajstić information content (AvgIpc) is 2.51. The highest BCUT2D eigenvalue weighted by molar-refractivity contribution is 5.88. The summed E-state index contributed by atoms with van der Waals surface area (Å²) < 4.78 is 0. The summed E-state index contributed by atoms with van der Waals surface area (Å²) in [6.07, 6.45) is 0. The van der Waals surface area contributed by atoms with Crippen LogP contribution >= 0.6 is 0 Å². The molecular weight excluding hydrogens is 328 g/mol. The lowest BCUT2D eigenvalue weighted by molar-refractivity contribution is -0.162. The summed E-state index contributed by atoms with van der Waals surface area (Å²) in [5.41, 5.74) is -1.26. The number of amides is 2. The first-order valence-electron chi connectivity index (χ1n) is 9.62. The molecule has 0 aromatic rings. The summed E-state index contributed by atoms with van der Waals surface area (Å²) >= 11 is 0. The van der Waals surface area contributed by atoms with E-state index in [1.807, 2.05) is 51.6 Å². The Morgan fingerprint density at radius 1 is 0.654 bits per heavy atom. The lowest BCUT2D eigenvalue weighted by atomic mass is 9.87. The Labute approximate surface area is 159 Å². The molecule has 0 aromatic carbocycles. The lowest BCUT2D eigenvalue weighted by Crippen LogP contribution is -2.72. The maximum absolute atomic E-state index is 13.0. The van der Waals surface area contributed by atoms with Crippen LogP contribution in [0.4, 0.5) is 0 Å². The van der Waals surface area contributed by atoms with E-state index >= 15 is 0 Å². The van der Waals surface area contributed by atoms with Gasteiger partial charge in [0, 0.05) is 37.3 Å². The zero-order valence-electron chi connectivity index (χ0n) is 18.4.